The van der Waals surface area contributed by atoms with Crippen LogP contribution in [0.3, 0.4) is 0 Å². The average molecular weight is 279 g/mol. The van der Waals surface area contributed by atoms with Crippen LogP contribution in [0.4, 0.5) is 0 Å². The van der Waals surface area contributed by atoms with Crippen LogP contribution in [0.25, 0.3) is 0 Å². The summed E-state index contributed by atoms with van der Waals surface area (Å²) < 4.78 is 15.0. The molecular formula is C14H17NO5. The van der Waals surface area contributed by atoms with Crippen LogP contribution in [0.1, 0.15) is 16.8 Å². The van der Waals surface area contributed by atoms with Crippen LogP contribution in [-0.4, -0.2) is 44.8 Å². The number of hydrogen-bond acceptors (Lipinski definition) is 6. The van der Waals surface area contributed by atoms with Crippen LogP contribution in [-0.2, 0) is 14.3 Å². The summed E-state index contributed by atoms with van der Waals surface area (Å²) in [5.74, 6) is -0.0167. The third-order valence-electron chi connectivity index (χ3n) is 3.15. The minimum absolute atomic E-state index is 0.0944. The second kappa shape index (κ2) is 6.38. The Bertz CT molecular complexity index is 485. The van der Waals surface area contributed by atoms with E-state index >= 15 is 0 Å². The molecule has 20 heavy (non-hydrogen) atoms. The Labute approximate surface area is 117 Å². The van der Waals surface area contributed by atoms with Gasteiger partial charge < -0.3 is 19.5 Å². The van der Waals surface area contributed by atoms with E-state index in [9.17, 15) is 9.59 Å². The topological polar surface area (TPSA) is 73.9 Å². The van der Waals surface area contributed by atoms with Gasteiger partial charge in [0.1, 0.15) is 17.9 Å². The molecule has 1 aromatic rings. The predicted molar refractivity (Wildman–Crippen MR) is 70.6 cm³/mol. The Balaban J connectivity index is 1.91. The lowest BCUT2D eigenvalue weighted by atomic mass is 10.2. The zero-order valence-corrected chi connectivity index (χ0v) is 11.4. The molecule has 2 rings (SSSR count). The predicted octanol–water partition coefficient (Wildman–Crippen LogP) is 0.755. The van der Waals surface area contributed by atoms with Crippen molar-refractivity contribution < 1.29 is 23.8 Å². The summed E-state index contributed by atoms with van der Waals surface area (Å²) in [5, 5.41) is 3.04. The van der Waals surface area contributed by atoms with Crippen molar-refractivity contribution in [2.75, 3.05) is 20.8 Å². The van der Waals surface area contributed by atoms with Crippen LogP contribution in [0.15, 0.2) is 24.3 Å². The highest BCUT2D eigenvalue weighted by Crippen LogP contribution is 2.18. The van der Waals surface area contributed by atoms with Crippen molar-refractivity contribution >= 4 is 11.9 Å². The molecule has 1 aliphatic heterocycles. The number of rotatable bonds is 4. The molecule has 0 unspecified atom stereocenters. The summed E-state index contributed by atoms with van der Waals surface area (Å²) in [7, 11) is 2.70. The minimum Gasteiger partial charge on any atom is -0.489 e. The van der Waals surface area contributed by atoms with Crippen LogP contribution in [0, 0.1) is 0 Å². The van der Waals surface area contributed by atoms with E-state index in [1.807, 2.05) is 0 Å². The number of ether oxygens (including phenoxy) is 3. The number of methoxy groups -OCH3 is 2. The fraction of sp³-hybridized carbons (Fsp3) is 0.429. The van der Waals surface area contributed by atoms with Crippen LogP contribution in [0.2, 0.25) is 0 Å². The van der Waals surface area contributed by atoms with Gasteiger partial charge in [-0.15, -0.1) is 0 Å². The van der Waals surface area contributed by atoms with Gasteiger partial charge in [0, 0.05) is 13.0 Å². The molecule has 0 spiro atoms. The van der Waals surface area contributed by atoms with Crippen molar-refractivity contribution in [3.05, 3.63) is 29.8 Å². The molecule has 2 atom stereocenters. The molecule has 1 aliphatic rings. The van der Waals surface area contributed by atoms with Crippen molar-refractivity contribution in [3.63, 3.8) is 0 Å². The van der Waals surface area contributed by atoms with Crippen molar-refractivity contribution in [1.82, 2.24) is 5.32 Å². The van der Waals surface area contributed by atoms with E-state index in [0.29, 0.717) is 24.3 Å². The molecule has 1 fully saturated rings. The highest BCUT2D eigenvalue weighted by atomic mass is 16.5. The quantitative estimate of drug-likeness (QED) is 0.820. The summed E-state index contributed by atoms with van der Waals surface area (Å²) in [5.41, 5.74) is 0.469. The molecule has 1 aromatic carbocycles. The van der Waals surface area contributed by atoms with Crippen molar-refractivity contribution in [1.29, 1.82) is 0 Å². The highest BCUT2D eigenvalue weighted by molar-refractivity contribution is 5.89. The van der Waals surface area contributed by atoms with E-state index in [-0.39, 0.29) is 24.1 Å². The van der Waals surface area contributed by atoms with Gasteiger partial charge in [-0.3, -0.25) is 4.79 Å². The summed E-state index contributed by atoms with van der Waals surface area (Å²) in [4.78, 5) is 22.7. The van der Waals surface area contributed by atoms with Gasteiger partial charge in [0.25, 0.3) is 0 Å². The maximum Gasteiger partial charge on any atom is 0.337 e. The molecule has 108 valence electrons. The first-order valence-corrected chi connectivity index (χ1v) is 6.30. The minimum atomic E-state index is -0.384. The summed E-state index contributed by atoms with van der Waals surface area (Å²) in [6.45, 7) is 0.582. The third-order valence-corrected chi connectivity index (χ3v) is 3.15. The largest absolute Gasteiger partial charge is 0.489 e. The Hall–Kier alpha value is -2.08. The Morgan fingerprint density at radius 1 is 1.15 bits per heavy atom. The number of nitrogens with one attached hydrogen (secondary N) is 1. The fourth-order valence-electron chi connectivity index (χ4n) is 2.09. The second-order valence-corrected chi connectivity index (χ2v) is 4.48. The first-order chi connectivity index (χ1) is 9.63. The van der Waals surface area contributed by atoms with Gasteiger partial charge in [-0.25, -0.2) is 4.79 Å². The Kier molecular flexibility index (Phi) is 4.57. The van der Waals surface area contributed by atoms with Crippen molar-refractivity contribution in [2.45, 2.75) is 18.6 Å². The Morgan fingerprint density at radius 2 is 1.85 bits per heavy atom. The molecule has 1 N–H and O–H groups in total. The number of hydrogen-bond donors (Lipinski definition) is 1. The lowest BCUT2D eigenvalue weighted by Gasteiger charge is -2.13. The first kappa shape index (κ1) is 14.3. The molecule has 6 nitrogen and oxygen atoms in total. The highest BCUT2D eigenvalue weighted by Gasteiger charge is 2.31. The molecule has 0 aromatic heterocycles. The Morgan fingerprint density at radius 3 is 2.45 bits per heavy atom. The smallest absolute Gasteiger partial charge is 0.337 e. The van der Waals surface area contributed by atoms with E-state index in [1.54, 1.807) is 24.3 Å². The lowest BCUT2D eigenvalue weighted by molar-refractivity contribution is -0.142. The SMILES string of the molecule is COC(=O)c1ccc(O[C@@H]2CN[C@H](C(=O)OC)C2)cc1. The van der Waals surface area contributed by atoms with Gasteiger partial charge in [-0.2, -0.15) is 0 Å². The average Bonchev–Trinajstić information content (AvgIpc) is 2.95. The zero-order valence-electron chi connectivity index (χ0n) is 11.4. The second-order valence-electron chi connectivity index (χ2n) is 4.48. The van der Waals surface area contributed by atoms with E-state index < -0.39 is 0 Å². The standard InChI is InChI=1S/C14H17NO5/c1-18-13(16)9-3-5-10(6-4-9)20-11-7-12(15-8-11)14(17)19-2/h3-6,11-12,15H,7-8H2,1-2H3/t11-,12-/m0/s1. The van der Waals surface area contributed by atoms with Gasteiger partial charge in [-0.05, 0) is 24.3 Å². The summed E-state index contributed by atoms with van der Waals surface area (Å²) in [6, 6.07) is 6.37. The maximum absolute atomic E-state index is 11.4. The molecule has 0 amide bonds. The van der Waals surface area contributed by atoms with E-state index in [0.717, 1.165) is 0 Å². The first-order valence-electron chi connectivity index (χ1n) is 6.30. The summed E-state index contributed by atoms with van der Waals surface area (Å²) in [6.07, 6.45) is 0.467. The van der Waals surface area contributed by atoms with E-state index in [4.69, 9.17) is 4.74 Å². The van der Waals surface area contributed by atoms with Gasteiger partial charge in [0.15, 0.2) is 0 Å². The van der Waals surface area contributed by atoms with Crippen molar-refractivity contribution in [2.24, 2.45) is 0 Å². The number of carbonyl (C=O) groups is 2. The monoisotopic (exact) mass is 279 g/mol. The fourth-order valence-corrected chi connectivity index (χ4v) is 2.09. The molecule has 0 saturated carbocycles. The van der Waals surface area contributed by atoms with E-state index in [2.05, 4.69) is 14.8 Å². The third kappa shape index (κ3) is 3.27. The molecule has 1 saturated heterocycles. The van der Waals surface area contributed by atoms with Crippen LogP contribution < -0.4 is 10.1 Å². The van der Waals surface area contributed by atoms with Gasteiger partial charge >= 0.3 is 11.9 Å². The molecule has 0 bridgehead atoms. The molecule has 6 heteroatoms. The van der Waals surface area contributed by atoms with Gasteiger partial charge in [-0.1, -0.05) is 0 Å². The molecular weight excluding hydrogens is 262 g/mol. The number of esters is 2. The summed E-state index contributed by atoms with van der Waals surface area (Å²) >= 11 is 0. The molecule has 1 heterocycles. The molecule has 0 aliphatic carbocycles. The normalized spacial score (nSPS) is 21.3. The number of benzene rings is 1. The van der Waals surface area contributed by atoms with Gasteiger partial charge in [0.2, 0.25) is 0 Å². The van der Waals surface area contributed by atoms with Gasteiger partial charge in [0.05, 0.1) is 19.8 Å². The van der Waals surface area contributed by atoms with Crippen LogP contribution in [0.5, 0.6) is 5.75 Å². The maximum atomic E-state index is 11.4. The zero-order chi connectivity index (χ0) is 14.5. The van der Waals surface area contributed by atoms with Crippen molar-refractivity contribution in [3.8, 4) is 5.75 Å². The lowest BCUT2D eigenvalue weighted by Crippen LogP contribution is -2.31. The van der Waals surface area contributed by atoms with E-state index in [1.165, 1.54) is 14.2 Å². The number of carbonyl (C=O) groups excluding carboxylic acids is 2. The van der Waals surface area contributed by atoms with Crippen LogP contribution >= 0.6 is 0 Å². The molecule has 0 radical (unpaired) electrons.